The molecule has 4 rings (SSSR count). The molecule has 1 aliphatic heterocycles. The fourth-order valence-electron chi connectivity index (χ4n) is 4.18. The predicted octanol–water partition coefficient (Wildman–Crippen LogP) is 3.91. The molecular formula is C22H28FN3O. The number of nitrogens with zero attached hydrogens (tertiary/aromatic N) is 3. The molecule has 2 aromatic rings. The van der Waals surface area contributed by atoms with Gasteiger partial charge in [-0.15, -0.1) is 0 Å². The highest BCUT2D eigenvalue weighted by Gasteiger charge is 2.29. The highest BCUT2D eigenvalue weighted by atomic mass is 19.1. The first-order valence-corrected chi connectivity index (χ1v) is 10.2. The van der Waals surface area contributed by atoms with Crippen LogP contribution in [0.5, 0.6) is 0 Å². The molecule has 5 heteroatoms. The number of aryl methyl sites for hydroxylation is 2. The monoisotopic (exact) mass is 369 g/mol. The summed E-state index contributed by atoms with van der Waals surface area (Å²) in [6.45, 7) is 3.99. The van der Waals surface area contributed by atoms with Gasteiger partial charge in [0.1, 0.15) is 11.6 Å². The minimum absolute atomic E-state index is 0.0418. The van der Waals surface area contributed by atoms with Crippen molar-refractivity contribution in [2.45, 2.75) is 64.5 Å². The third-order valence-corrected chi connectivity index (χ3v) is 5.97. The molecule has 0 bridgehead atoms. The van der Waals surface area contributed by atoms with Crippen LogP contribution in [0.1, 0.15) is 49.2 Å². The van der Waals surface area contributed by atoms with Crippen molar-refractivity contribution in [2.24, 2.45) is 5.92 Å². The molecule has 27 heavy (non-hydrogen) atoms. The number of benzene rings is 1. The quantitative estimate of drug-likeness (QED) is 0.742. The Morgan fingerprint density at radius 3 is 2.85 bits per heavy atom. The number of carbonyl (C=O) groups excluding carboxylic acids is 1. The Morgan fingerprint density at radius 1 is 1.26 bits per heavy atom. The molecule has 1 aliphatic carbocycles. The lowest BCUT2D eigenvalue weighted by atomic mass is 10.1. The zero-order chi connectivity index (χ0) is 18.8. The molecule has 1 atom stereocenters. The number of imidazole rings is 1. The Balaban J connectivity index is 1.37. The summed E-state index contributed by atoms with van der Waals surface area (Å²) in [4.78, 5) is 19.3. The Morgan fingerprint density at radius 2 is 2.07 bits per heavy atom. The largest absolute Gasteiger partial charge is 0.339 e. The Kier molecular flexibility index (Phi) is 5.28. The van der Waals surface area contributed by atoms with Crippen LogP contribution in [0.3, 0.4) is 0 Å². The number of rotatable bonds is 7. The molecule has 1 amide bonds. The molecular weight excluding hydrogens is 341 g/mol. The van der Waals surface area contributed by atoms with Gasteiger partial charge in [-0.2, -0.15) is 0 Å². The number of likely N-dealkylation sites (tertiary alicyclic amines) is 1. The van der Waals surface area contributed by atoms with E-state index in [1.54, 1.807) is 18.2 Å². The van der Waals surface area contributed by atoms with Crippen molar-refractivity contribution in [2.75, 3.05) is 6.54 Å². The number of hydrogen-bond acceptors (Lipinski definition) is 2. The third-order valence-electron chi connectivity index (χ3n) is 5.97. The van der Waals surface area contributed by atoms with E-state index in [4.69, 9.17) is 0 Å². The van der Waals surface area contributed by atoms with E-state index in [1.807, 2.05) is 11.1 Å². The Bertz CT molecular complexity index is 812. The Labute approximate surface area is 160 Å². The van der Waals surface area contributed by atoms with Crippen molar-refractivity contribution >= 4 is 5.91 Å². The zero-order valence-electron chi connectivity index (χ0n) is 16.0. The van der Waals surface area contributed by atoms with Crippen molar-refractivity contribution in [3.8, 4) is 0 Å². The molecule has 0 spiro atoms. The van der Waals surface area contributed by atoms with Gasteiger partial charge in [-0.1, -0.05) is 18.2 Å². The van der Waals surface area contributed by atoms with Crippen molar-refractivity contribution in [1.82, 2.24) is 14.5 Å². The minimum atomic E-state index is -0.292. The predicted molar refractivity (Wildman–Crippen MR) is 103 cm³/mol. The van der Waals surface area contributed by atoms with E-state index in [0.717, 1.165) is 50.5 Å². The standard InChI is InChI=1S/C22H28FN3O/c1-16-14-24-21(26(16)15-17-8-9-17)11-10-19-6-4-12-25(19)22(27)13-18-5-2-3-7-20(18)23/h2-3,5,7,14,17,19H,4,6,8-13,15H2,1H3. The van der Waals surface area contributed by atoms with Gasteiger partial charge in [0.05, 0.1) is 6.42 Å². The molecule has 1 saturated carbocycles. The lowest BCUT2D eigenvalue weighted by Gasteiger charge is -2.25. The van der Waals surface area contributed by atoms with Crippen LogP contribution in [0.15, 0.2) is 30.5 Å². The van der Waals surface area contributed by atoms with Crippen LogP contribution in [-0.2, 0) is 24.2 Å². The van der Waals surface area contributed by atoms with Crippen molar-refractivity contribution in [3.63, 3.8) is 0 Å². The zero-order valence-corrected chi connectivity index (χ0v) is 16.0. The summed E-state index contributed by atoms with van der Waals surface area (Å²) < 4.78 is 16.2. The van der Waals surface area contributed by atoms with E-state index < -0.39 is 0 Å². The maximum Gasteiger partial charge on any atom is 0.227 e. The lowest BCUT2D eigenvalue weighted by molar-refractivity contribution is -0.131. The molecule has 0 N–H and O–H groups in total. The SMILES string of the molecule is Cc1cnc(CCC2CCCN2C(=O)Cc2ccccc2F)n1CC1CC1. The number of carbonyl (C=O) groups is 1. The van der Waals surface area contributed by atoms with E-state index in [2.05, 4.69) is 16.5 Å². The van der Waals surface area contributed by atoms with E-state index in [0.29, 0.717) is 5.56 Å². The molecule has 1 aromatic carbocycles. The fraction of sp³-hybridized carbons (Fsp3) is 0.545. The molecule has 144 valence electrons. The third kappa shape index (κ3) is 4.23. The maximum atomic E-state index is 13.9. The van der Waals surface area contributed by atoms with Crippen LogP contribution in [0.25, 0.3) is 0 Å². The first-order chi connectivity index (χ1) is 13.1. The molecule has 4 nitrogen and oxygen atoms in total. The average molecular weight is 369 g/mol. The topological polar surface area (TPSA) is 38.1 Å². The van der Waals surface area contributed by atoms with E-state index in [9.17, 15) is 9.18 Å². The molecule has 2 fully saturated rings. The van der Waals surface area contributed by atoms with Crippen molar-refractivity contribution < 1.29 is 9.18 Å². The minimum Gasteiger partial charge on any atom is -0.339 e. The van der Waals surface area contributed by atoms with Crippen LogP contribution in [0.2, 0.25) is 0 Å². The number of amides is 1. The Hall–Kier alpha value is -2.17. The smallest absolute Gasteiger partial charge is 0.227 e. The van der Waals surface area contributed by atoms with Gasteiger partial charge < -0.3 is 9.47 Å². The number of aromatic nitrogens is 2. The summed E-state index contributed by atoms with van der Waals surface area (Å²) in [5.41, 5.74) is 1.72. The van der Waals surface area contributed by atoms with Crippen molar-refractivity contribution in [1.29, 1.82) is 0 Å². The molecule has 1 saturated heterocycles. The van der Waals surface area contributed by atoms with Gasteiger partial charge in [-0.3, -0.25) is 4.79 Å². The van der Waals surface area contributed by atoms with Gasteiger partial charge in [0.25, 0.3) is 0 Å². The van der Waals surface area contributed by atoms with Gasteiger partial charge in [-0.05, 0) is 56.6 Å². The van der Waals surface area contributed by atoms with E-state index in [1.165, 1.54) is 24.6 Å². The van der Waals surface area contributed by atoms with E-state index in [-0.39, 0.29) is 24.2 Å². The second-order valence-electron chi connectivity index (χ2n) is 8.06. The number of hydrogen-bond donors (Lipinski definition) is 0. The van der Waals surface area contributed by atoms with Gasteiger partial charge in [-0.25, -0.2) is 9.37 Å². The van der Waals surface area contributed by atoms with Crippen LogP contribution >= 0.6 is 0 Å². The van der Waals surface area contributed by atoms with Gasteiger partial charge in [0.2, 0.25) is 5.91 Å². The average Bonchev–Trinajstić information content (AvgIpc) is 3.24. The van der Waals surface area contributed by atoms with E-state index >= 15 is 0 Å². The first kappa shape index (κ1) is 18.2. The summed E-state index contributed by atoms with van der Waals surface area (Å²) in [6, 6.07) is 6.82. The fourth-order valence-corrected chi connectivity index (χ4v) is 4.18. The second kappa shape index (κ2) is 7.83. The summed E-state index contributed by atoms with van der Waals surface area (Å²) in [6.07, 6.45) is 8.68. The molecule has 2 heterocycles. The summed E-state index contributed by atoms with van der Waals surface area (Å²) in [5.74, 6) is 1.72. The summed E-state index contributed by atoms with van der Waals surface area (Å²) in [7, 11) is 0. The van der Waals surface area contributed by atoms with Crippen LogP contribution in [0, 0.1) is 18.7 Å². The van der Waals surface area contributed by atoms with Crippen molar-refractivity contribution in [3.05, 3.63) is 53.4 Å². The summed E-state index contributed by atoms with van der Waals surface area (Å²) in [5, 5.41) is 0. The van der Waals surface area contributed by atoms with Gasteiger partial charge in [0.15, 0.2) is 0 Å². The highest BCUT2D eigenvalue weighted by Crippen LogP contribution is 2.32. The molecule has 0 radical (unpaired) electrons. The molecule has 1 aromatic heterocycles. The first-order valence-electron chi connectivity index (χ1n) is 10.2. The van der Waals surface area contributed by atoms with Crippen LogP contribution in [-0.4, -0.2) is 32.9 Å². The normalized spacial score (nSPS) is 19.6. The van der Waals surface area contributed by atoms with Gasteiger partial charge in [0, 0.05) is 37.4 Å². The summed E-state index contributed by atoms with van der Waals surface area (Å²) >= 11 is 0. The van der Waals surface area contributed by atoms with Crippen LogP contribution < -0.4 is 0 Å². The molecule has 2 aliphatic rings. The van der Waals surface area contributed by atoms with Crippen LogP contribution in [0.4, 0.5) is 4.39 Å². The maximum absolute atomic E-state index is 13.9. The van der Waals surface area contributed by atoms with Gasteiger partial charge >= 0.3 is 0 Å². The highest BCUT2D eigenvalue weighted by molar-refractivity contribution is 5.79. The number of halogens is 1. The second-order valence-corrected chi connectivity index (χ2v) is 8.06. The lowest BCUT2D eigenvalue weighted by Crippen LogP contribution is -2.37. The molecule has 1 unspecified atom stereocenters.